The van der Waals surface area contributed by atoms with E-state index in [9.17, 15) is 8.42 Å². The number of nitrogens with zero attached hydrogens (tertiary/aromatic N) is 2. The van der Waals surface area contributed by atoms with Crippen LogP contribution in [0.5, 0.6) is 0 Å². The van der Waals surface area contributed by atoms with E-state index in [1.165, 1.54) is 17.5 Å². The van der Waals surface area contributed by atoms with Crippen molar-refractivity contribution in [3.63, 3.8) is 0 Å². The predicted molar refractivity (Wildman–Crippen MR) is 130 cm³/mol. The van der Waals surface area contributed by atoms with Crippen LogP contribution in [-0.4, -0.2) is 50.8 Å². The predicted octanol–water partition coefficient (Wildman–Crippen LogP) is 4.02. The summed E-state index contributed by atoms with van der Waals surface area (Å²) in [6, 6.07) is 19.9. The van der Waals surface area contributed by atoms with Crippen LogP contribution in [0.15, 0.2) is 65.6 Å². The van der Waals surface area contributed by atoms with Crippen molar-refractivity contribution in [2.45, 2.75) is 11.8 Å². The van der Waals surface area contributed by atoms with E-state index >= 15 is 0 Å². The highest BCUT2D eigenvalue weighted by molar-refractivity contribution is 7.90. The van der Waals surface area contributed by atoms with Gasteiger partial charge in [0, 0.05) is 43.7 Å². The highest BCUT2D eigenvalue weighted by atomic mass is 32.2. The third kappa shape index (κ3) is 4.01. The van der Waals surface area contributed by atoms with Crippen LogP contribution in [0, 0.1) is 6.92 Å². The van der Waals surface area contributed by atoms with Gasteiger partial charge in [0.15, 0.2) is 9.84 Å². The minimum absolute atomic E-state index is 0.306. The Hall–Kier alpha value is -3.16. The van der Waals surface area contributed by atoms with E-state index in [1.54, 1.807) is 24.3 Å². The maximum absolute atomic E-state index is 11.7. The van der Waals surface area contributed by atoms with E-state index < -0.39 is 9.84 Å². The number of hydrogen-bond donors (Lipinski definition) is 2. The minimum Gasteiger partial charge on any atom is -0.369 e. The van der Waals surface area contributed by atoms with Gasteiger partial charge in [0.25, 0.3) is 0 Å². The number of rotatable bonds is 4. The summed E-state index contributed by atoms with van der Waals surface area (Å²) in [5.74, 6) is 0.731. The molecule has 1 aromatic heterocycles. The van der Waals surface area contributed by atoms with Crippen LogP contribution in [0.4, 0.5) is 5.69 Å². The van der Waals surface area contributed by atoms with Crippen LogP contribution in [0.1, 0.15) is 5.56 Å². The molecule has 5 rings (SSSR count). The van der Waals surface area contributed by atoms with Crippen molar-refractivity contribution in [3.8, 4) is 22.5 Å². The maximum atomic E-state index is 11.7. The van der Waals surface area contributed by atoms with E-state index in [1.807, 2.05) is 0 Å². The van der Waals surface area contributed by atoms with E-state index in [2.05, 4.69) is 58.5 Å². The van der Waals surface area contributed by atoms with E-state index in [-0.39, 0.29) is 0 Å². The summed E-state index contributed by atoms with van der Waals surface area (Å²) in [5.41, 5.74) is 7.41. The molecule has 0 unspecified atom stereocenters. The first-order valence-electron chi connectivity index (χ1n) is 10.8. The van der Waals surface area contributed by atoms with Crippen molar-refractivity contribution in [1.82, 2.24) is 15.3 Å². The normalized spacial score (nSPS) is 14.8. The Morgan fingerprint density at radius 3 is 2.19 bits per heavy atom. The first-order valence-corrected chi connectivity index (χ1v) is 12.6. The molecule has 0 atom stereocenters. The average molecular weight is 447 g/mol. The zero-order valence-corrected chi connectivity index (χ0v) is 19.0. The van der Waals surface area contributed by atoms with Gasteiger partial charge >= 0.3 is 0 Å². The lowest BCUT2D eigenvalue weighted by molar-refractivity contribution is 0.589. The van der Waals surface area contributed by atoms with Gasteiger partial charge in [0.05, 0.1) is 15.9 Å². The number of imidazole rings is 1. The number of anilines is 1. The Labute approximate surface area is 188 Å². The Bertz CT molecular complexity index is 1370. The molecule has 0 spiro atoms. The van der Waals surface area contributed by atoms with Gasteiger partial charge in [-0.15, -0.1) is 0 Å². The summed E-state index contributed by atoms with van der Waals surface area (Å²) in [6.45, 7) is 6.19. The molecule has 6 nitrogen and oxygen atoms in total. The van der Waals surface area contributed by atoms with Crippen LogP contribution >= 0.6 is 0 Å². The number of piperazine rings is 1. The fraction of sp³-hybridized carbons (Fsp3) is 0.240. The van der Waals surface area contributed by atoms with Crippen LogP contribution in [-0.2, 0) is 9.84 Å². The molecule has 1 aliphatic heterocycles. The number of aromatic nitrogens is 2. The lowest BCUT2D eigenvalue weighted by Crippen LogP contribution is -2.43. The molecule has 1 aliphatic rings. The third-order valence-electron chi connectivity index (χ3n) is 6.02. The minimum atomic E-state index is -3.22. The quantitative estimate of drug-likeness (QED) is 0.495. The number of nitrogens with one attached hydrogen (secondary N) is 2. The lowest BCUT2D eigenvalue weighted by atomic mass is 10.0. The molecule has 0 aliphatic carbocycles. The SMILES string of the molecule is Cc1cc(-c2ccc(N3CCNCC3)cc2)cc2[nH]c(-c3ccc(S(C)(=O)=O)cc3)nc12. The molecule has 2 heterocycles. The number of benzene rings is 3. The Morgan fingerprint density at radius 1 is 0.875 bits per heavy atom. The summed E-state index contributed by atoms with van der Waals surface area (Å²) in [4.78, 5) is 10.9. The standard InChI is InChI=1S/C25H26N4O2S/c1-17-15-20(18-3-7-21(8-4-18)29-13-11-26-12-14-29)16-23-24(17)28-25(27-23)19-5-9-22(10-6-19)32(2,30)31/h3-10,15-16,26H,11-14H2,1-2H3,(H,27,28). The number of hydrogen-bond acceptors (Lipinski definition) is 5. The van der Waals surface area contributed by atoms with Gasteiger partial charge < -0.3 is 15.2 Å². The summed E-state index contributed by atoms with van der Waals surface area (Å²) < 4.78 is 23.4. The fourth-order valence-electron chi connectivity index (χ4n) is 4.24. The molecule has 1 fully saturated rings. The van der Waals surface area contributed by atoms with Gasteiger partial charge in [-0.2, -0.15) is 0 Å². The zero-order chi connectivity index (χ0) is 22.3. The molecule has 164 valence electrons. The van der Waals surface area contributed by atoms with Gasteiger partial charge in [-0.3, -0.25) is 0 Å². The van der Waals surface area contributed by atoms with Gasteiger partial charge in [0.1, 0.15) is 5.82 Å². The summed E-state index contributed by atoms with van der Waals surface area (Å²) >= 11 is 0. The molecule has 0 radical (unpaired) electrons. The number of sulfone groups is 1. The Balaban J connectivity index is 1.46. The molecule has 0 saturated carbocycles. The maximum Gasteiger partial charge on any atom is 0.175 e. The molecular weight excluding hydrogens is 420 g/mol. The number of aromatic amines is 1. The molecule has 1 saturated heterocycles. The summed E-state index contributed by atoms with van der Waals surface area (Å²) in [5, 5.41) is 3.39. The van der Waals surface area contributed by atoms with E-state index in [0.29, 0.717) is 4.90 Å². The molecule has 3 aromatic carbocycles. The van der Waals surface area contributed by atoms with E-state index in [4.69, 9.17) is 4.98 Å². The van der Waals surface area contributed by atoms with Gasteiger partial charge in [-0.1, -0.05) is 12.1 Å². The van der Waals surface area contributed by atoms with Gasteiger partial charge in [-0.25, -0.2) is 13.4 Å². The van der Waals surface area contributed by atoms with Crippen molar-refractivity contribution in [3.05, 3.63) is 66.2 Å². The number of H-pyrrole nitrogens is 1. The molecule has 0 amide bonds. The highest BCUT2D eigenvalue weighted by Gasteiger charge is 2.13. The van der Waals surface area contributed by atoms with Crippen LogP contribution < -0.4 is 10.2 Å². The molecule has 4 aromatic rings. The van der Waals surface area contributed by atoms with Gasteiger partial charge in [0.2, 0.25) is 0 Å². The first-order chi connectivity index (χ1) is 15.4. The Kier molecular flexibility index (Phi) is 5.23. The number of aryl methyl sites for hydroxylation is 1. The third-order valence-corrected chi connectivity index (χ3v) is 7.14. The van der Waals surface area contributed by atoms with Crippen LogP contribution in [0.2, 0.25) is 0 Å². The summed E-state index contributed by atoms with van der Waals surface area (Å²) in [6.07, 6.45) is 1.21. The largest absolute Gasteiger partial charge is 0.369 e. The Morgan fingerprint density at radius 2 is 1.53 bits per heavy atom. The second kappa shape index (κ2) is 8.07. The average Bonchev–Trinajstić information content (AvgIpc) is 3.24. The summed E-state index contributed by atoms with van der Waals surface area (Å²) in [7, 11) is -3.22. The van der Waals surface area contributed by atoms with Crippen molar-refractivity contribution >= 4 is 26.6 Å². The van der Waals surface area contributed by atoms with E-state index in [0.717, 1.165) is 59.7 Å². The topological polar surface area (TPSA) is 78.1 Å². The molecule has 2 N–H and O–H groups in total. The first kappa shape index (κ1) is 20.7. The smallest absolute Gasteiger partial charge is 0.175 e. The molecule has 0 bridgehead atoms. The fourth-order valence-corrected chi connectivity index (χ4v) is 4.87. The van der Waals surface area contributed by atoms with Gasteiger partial charge in [-0.05, 0) is 72.1 Å². The zero-order valence-electron chi connectivity index (χ0n) is 18.2. The monoisotopic (exact) mass is 446 g/mol. The van der Waals surface area contributed by atoms with Crippen LogP contribution in [0.25, 0.3) is 33.5 Å². The molecular formula is C25H26N4O2S. The van der Waals surface area contributed by atoms with Crippen molar-refractivity contribution in [2.75, 3.05) is 37.3 Å². The second-order valence-corrected chi connectivity index (χ2v) is 10.4. The molecule has 7 heteroatoms. The van der Waals surface area contributed by atoms with Crippen LogP contribution in [0.3, 0.4) is 0 Å². The van der Waals surface area contributed by atoms with Crippen molar-refractivity contribution < 1.29 is 8.42 Å². The second-order valence-electron chi connectivity index (χ2n) is 8.36. The highest BCUT2D eigenvalue weighted by Crippen LogP contribution is 2.30. The number of fused-ring (bicyclic) bond motifs is 1. The molecule has 32 heavy (non-hydrogen) atoms. The van der Waals surface area contributed by atoms with Crippen molar-refractivity contribution in [1.29, 1.82) is 0 Å². The van der Waals surface area contributed by atoms with Crippen molar-refractivity contribution in [2.24, 2.45) is 0 Å². The lowest BCUT2D eigenvalue weighted by Gasteiger charge is -2.29.